The maximum absolute atomic E-state index is 13.3. The first-order valence-electron chi connectivity index (χ1n) is 10.3. The highest BCUT2D eigenvalue weighted by Gasteiger charge is 2.42. The molecule has 0 fully saturated rings. The van der Waals surface area contributed by atoms with E-state index in [1.165, 1.54) is 5.56 Å². The molecule has 2 unspecified atom stereocenters. The summed E-state index contributed by atoms with van der Waals surface area (Å²) in [7, 11) is 1.58. The fourth-order valence-electron chi connectivity index (χ4n) is 4.83. The molecule has 2 atom stereocenters. The number of hydrogen-bond donors (Lipinski definition) is 1. The molecule has 1 aromatic carbocycles. The largest absolute Gasteiger partial charge is 0.478 e. The predicted octanol–water partition coefficient (Wildman–Crippen LogP) is 5.74. The van der Waals surface area contributed by atoms with Gasteiger partial charge in [0.25, 0.3) is 0 Å². The Bertz CT molecular complexity index is 991. The highest BCUT2D eigenvalue weighted by Crippen LogP contribution is 2.46. The van der Waals surface area contributed by atoms with Crippen LogP contribution in [0.4, 0.5) is 0 Å². The first kappa shape index (κ1) is 23.8. The van der Waals surface area contributed by atoms with Gasteiger partial charge in [-0.2, -0.15) is 0 Å². The second-order valence-corrected chi connectivity index (χ2v) is 8.71. The Balaban J connectivity index is 2.60. The molecule has 0 aliphatic heterocycles. The standard InChI is InChI=1S/C26H34O4/c1-13-14(2)16(4)22(17(5)15(13)3)21(27)11-12-26(9)20(8)18(6)23(25(28)29)19(7)24(26)30-10/h11-12,24H,1-10H3,(H,28,29). The fourth-order valence-corrected chi connectivity index (χ4v) is 4.83. The maximum atomic E-state index is 13.3. The summed E-state index contributed by atoms with van der Waals surface area (Å²) in [5.74, 6) is -0.992. The summed E-state index contributed by atoms with van der Waals surface area (Å²) >= 11 is 0. The number of ketones is 1. The second kappa shape index (κ2) is 8.35. The van der Waals surface area contributed by atoms with Crippen LogP contribution < -0.4 is 0 Å². The van der Waals surface area contributed by atoms with E-state index in [1.807, 2.05) is 40.7 Å². The molecule has 0 saturated carbocycles. The van der Waals surface area contributed by atoms with Gasteiger partial charge in [-0.1, -0.05) is 11.6 Å². The summed E-state index contributed by atoms with van der Waals surface area (Å²) in [5, 5.41) is 9.66. The molecule has 0 amide bonds. The third-order valence-corrected chi connectivity index (χ3v) is 7.35. The van der Waals surface area contributed by atoms with Gasteiger partial charge in [-0.25, -0.2) is 4.79 Å². The topological polar surface area (TPSA) is 63.6 Å². The molecule has 0 spiro atoms. The molecule has 1 N–H and O–H groups in total. The summed E-state index contributed by atoms with van der Waals surface area (Å²) in [6, 6.07) is 0. The van der Waals surface area contributed by atoms with E-state index in [0.29, 0.717) is 11.1 Å². The van der Waals surface area contributed by atoms with Gasteiger partial charge in [0.15, 0.2) is 5.78 Å². The average Bonchev–Trinajstić information content (AvgIpc) is 2.68. The first-order chi connectivity index (χ1) is 13.8. The van der Waals surface area contributed by atoms with E-state index in [1.54, 1.807) is 20.1 Å². The number of ether oxygens (including phenoxy) is 1. The normalized spacial score (nSPS) is 22.3. The van der Waals surface area contributed by atoms with Crippen LogP contribution in [0.1, 0.15) is 65.9 Å². The zero-order valence-corrected chi connectivity index (χ0v) is 19.9. The van der Waals surface area contributed by atoms with Crippen molar-refractivity contribution < 1.29 is 19.4 Å². The van der Waals surface area contributed by atoms with Crippen molar-refractivity contribution in [1.82, 2.24) is 0 Å². The Hall–Kier alpha value is -2.46. The molecule has 162 valence electrons. The molecule has 0 radical (unpaired) electrons. The number of carboxylic acid groups (broad SMARTS) is 1. The zero-order chi connectivity index (χ0) is 23.1. The third-order valence-electron chi connectivity index (χ3n) is 7.35. The van der Waals surface area contributed by atoms with Crippen LogP contribution in [-0.2, 0) is 9.53 Å². The van der Waals surface area contributed by atoms with Crippen LogP contribution in [-0.4, -0.2) is 30.1 Å². The molecule has 4 heteroatoms. The lowest BCUT2D eigenvalue weighted by atomic mass is 9.67. The molecule has 4 nitrogen and oxygen atoms in total. The monoisotopic (exact) mass is 410 g/mol. The van der Waals surface area contributed by atoms with Crippen LogP contribution in [0.25, 0.3) is 0 Å². The summed E-state index contributed by atoms with van der Waals surface area (Å²) in [6.07, 6.45) is 3.05. The van der Waals surface area contributed by atoms with Crippen LogP contribution in [0, 0.1) is 40.0 Å². The predicted molar refractivity (Wildman–Crippen MR) is 121 cm³/mol. The molecule has 1 aromatic rings. The van der Waals surface area contributed by atoms with Crippen LogP contribution >= 0.6 is 0 Å². The molecular weight excluding hydrogens is 376 g/mol. The van der Waals surface area contributed by atoms with Crippen molar-refractivity contribution >= 4 is 11.8 Å². The van der Waals surface area contributed by atoms with Crippen molar-refractivity contribution in [2.75, 3.05) is 7.11 Å². The van der Waals surface area contributed by atoms with E-state index >= 15 is 0 Å². The highest BCUT2D eigenvalue weighted by molar-refractivity contribution is 6.07. The zero-order valence-electron chi connectivity index (χ0n) is 19.9. The number of carboxylic acids is 1. The lowest BCUT2D eigenvalue weighted by molar-refractivity contribution is -0.132. The lowest BCUT2D eigenvalue weighted by Gasteiger charge is -2.41. The summed E-state index contributed by atoms with van der Waals surface area (Å²) < 4.78 is 5.74. The second-order valence-electron chi connectivity index (χ2n) is 8.71. The molecule has 0 heterocycles. The number of hydrogen-bond acceptors (Lipinski definition) is 3. The van der Waals surface area contributed by atoms with Crippen LogP contribution in [0.3, 0.4) is 0 Å². The van der Waals surface area contributed by atoms with Crippen LogP contribution in [0.5, 0.6) is 0 Å². The highest BCUT2D eigenvalue weighted by atomic mass is 16.5. The van der Waals surface area contributed by atoms with Gasteiger partial charge >= 0.3 is 5.97 Å². The molecule has 0 aromatic heterocycles. The molecule has 1 aliphatic rings. The quantitative estimate of drug-likeness (QED) is 0.497. The Morgan fingerprint density at radius 1 is 0.900 bits per heavy atom. The van der Waals surface area contributed by atoms with Gasteiger partial charge in [-0.3, -0.25) is 4.79 Å². The minimum absolute atomic E-state index is 0.0385. The average molecular weight is 411 g/mol. The number of carbonyl (C=O) groups is 2. The van der Waals surface area contributed by atoms with Crippen LogP contribution in [0.15, 0.2) is 34.4 Å². The Labute approximate surface area is 180 Å². The van der Waals surface area contributed by atoms with Gasteiger partial charge < -0.3 is 9.84 Å². The van der Waals surface area contributed by atoms with Gasteiger partial charge in [0.2, 0.25) is 0 Å². The molecule has 0 bridgehead atoms. The van der Waals surface area contributed by atoms with Gasteiger partial charge in [0.1, 0.15) is 0 Å². The summed E-state index contributed by atoms with van der Waals surface area (Å²) in [5.41, 5.74) is 8.25. The first-order valence-corrected chi connectivity index (χ1v) is 10.3. The molecule has 30 heavy (non-hydrogen) atoms. The van der Waals surface area contributed by atoms with Crippen molar-refractivity contribution in [3.05, 3.63) is 67.8 Å². The van der Waals surface area contributed by atoms with Crippen molar-refractivity contribution in [2.45, 2.75) is 68.4 Å². The van der Waals surface area contributed by atoms with E-state index in [9.17, 15) is 14.7 Å². The van der Waals surface area contributed by atoms with E-state index in [-0.39, 0.29) is 5.78 Å². The van der Waals surface area contributed by atoms with E-state index in [2.05, 4.69) is 20.8 Å². The Morgan fingerprint density at radius 3 is 1.80 bits per heavy atom. The minimum Gasteiger partial charge on any atom is -0.478 e. The van der Waals surface area contributed by atoms with E-state index in [4.69, 9.17) is 4.74 Å². The number of allylic oxidation sites excluding steroid dienone is 1. The van der Waals surface area contributed by atoms with Crippen molar-refractivity contribution in [3.63, 3.8) is 0 Å². The molecule has 1 aliphatic carbocycles. The SMILES string of the molecule is COC1C(C)=C(C(=O)O)C(C)=C(C)C1(C)C=CC(=O)c1c(C)c(C)c(C)c(C)c1C. The minimum atomic E-state index is -0.953. The van der Waals surface area contributed by atoms with Gasteiger partial charge in [0, 0.05) is 18.1 Å². The van der Waals surface area contributed by atoms with Crippen LogP contribution in [0.2, 0.25) is 0 Å². The number of benzene rings is 1. The maximum Gasteiger partial charge on any atom is 0.335 e. The van der Waals surface area contributed by atoms with E-state index < -0.39 is 17.5 Å². The fraction of sp³-hybridized carbons (Fsp3) is 0.462. The molecular formula is C26H34O4. The number of rotatable bonds is 5. The number of aliphatic carboxylic acids is 1. The molecule has 0 saturated heterocycles. The van der Waals surface area contributed by atoms with Crippen molar-refractivity contribution in [1.29, 1.82) is 0 Å². The number of carbonyl (C=O) groups excluding carboxylic acids is 1. The van der Waals surface area contributed by atoms with Crippen molar-refractivity contribution in [2.24, 2.45) is 5.41 Å². The summed E-state index contributed by atoms with van der Waals surface area (Å²) in [6.45, 7) is 17.7. The van der Waals surface area contributed by atoms with Gasteiger partial charge in [-0.05, 0) is 107 Å². The molecule has 2 rings (SSSR count). The van der Waals surface area contributed by atoms with Gasteiger partial charge in [-0.15, -0.1) is 0 Å². The number of methoxy groups -OCH3 is 1. The Kier molecular flexibility index (Phi) is 6.63. The summed E-state index contributed by atoms with van der Waals surface area (Å²) in [4.78, 5) is 25.1. The Morgan fingerprint density at radius 2 is 1.37 bits per heavy atom. The van der Waals surface area contributed by atoms with Gasteiger partial charge in [0.05, 0.1) is 11.7 Å². The van der Waals surface area contributed by atoms with E-state index in [0.717, 1.165) is 39.0 Å². The van der Waals surface area contributed by atoms with Crippen molar-refractivity contribution in [3.8, 4) is 0 Å². The lowest BCUT2D eigenvalue weighted by Crippen LogP contribution is -2.39. The third kappa shape index (κ3) is 3.58. The smallest absolute Gasteiger partial charge is 0.335 e.